The van der Waals surface area contributed by atoms with Crippen molar-refractivity contribution in [2.45, 2.75) is 66.4 Å². The molecule has 22 heavy (non-hydrogen) atoms. The Morgan fingerprint density at radius 3 is 2.27 bits per heavy atom. The van der Waals surface area contributed by atoms with Crippen LogP contribution in [0.5, 0.6) is 5.75 Å². The molecule has 0 fully saturated rings. The monoisotopic (exact) mass is 306 g/mol. The largest absolute Gasteiger partial charge is 0.482 e. The van der Waals surface area contributed by atoms with Crippen LogP contribution in [0.15, 0.2) is 24.3 Å². The molecule has 3 nitrogen and oxygen atoms in total. The van der Waals surface area contributed by atoms with Gasteiger partial charge in [-0.3, -0.25) is 0 Å². The van der Waals surface area contributed by atoms with Crippen molar-refractivity contribution in [3.05, 3.63) is 29.8 Å². The van der Waals surface area contributed by atoms with Crippen molar-refractivity contribution in [2.24, 2.45) is 5.41 Å². The minimum atomic E-state index is -0.489. The van der Waals surface area contributed by atoms with Crippen LogP contribution in [0.1, 0.15) is 66.4 Å². The summed E-state index contributed by atoms with van der Waals surface area (Å²) in [6.45, 7) is 14.4. The molecule has 1 aromatic carbocycles. The van der Waals surface area contributed by atoms with Gasteiger partial charge in [0.1, 0.15) is 11.4 Å². The van der Waals surface area contributed by atoms with Gasteiger partial charge in [-0.1, -0.05) is 52.3 Å². The predicted molar refractivity (Wildman–Crippen MR) is 90.3 cm³/mol. The topological polar surface area (TPSA) is 35.5 Å². The molecule has 0 spiro atoms. The summed E-state index contributed by atoms with van der Waals surface area (Å²) in [7, 11) is 0. The zero-order valence-corrected chi connectivity index (χ0v) is 15.0. The lowest BCUT2D eigenvalue weighted by molar-refractivity contribution is -0.157. The number of para-hydroxylation sites is 1. The van der Waals surface area contributed by atoms with Gasteiger partial charge < -0.3 is 9.47 Å². The van der Waals surface area contributed by atoms with Gasteiger partial charge in [0, 0.05) is 0 Å². The van der Waals surface area contributed by atoms with Gasteiger partial charge in [0.2, 0.25) is 0 Å². The van der Waals surface area contributed by atoms with Crippen LogP contribution in [-0.2, 0) is 9.53 Å². The summed E-state index contributed by atoms with van der Waals surface area (Å²) in [5, 5.41) is 0. The van der Waals surface area contributed by atoms with E-state index in [1.165, 1.54) is 0 Å². The molecule has 0 bridgehead atoms. The number of hydrogen-bond acceptors (Lipinski definition) is 3. The molecular formula is C19H30O3. The minimum absolute atomic E-state index is 0.0619. The first-order chi connectivity index (χ1) is 10.1. The smallest absolute Gasteiger partial charge is 0.344 e. The Kier molecular flexibility index (Phi) is 6.04. The number of ether oxygens (including phenoxy) is 2. The van der Waals surface area contributed by atoms with E-state index in [4.69, 9.17) is 9.47 Å². The maximum Gasteiger partial charge on any atom is 0.344 e. The molecule has 0 N–H and O–H groups in total. The third kappa shape index (κ3) is 5.36. The molecule has 0 aliphatic carbocycles. The number of rotatable bonds is 6. The SMILES string of the molecule is CCC(C)(C)C(C)c1ccccc1OCC(=O)OC(C)(C)C. The second-order valence-electron chi connectivity index (χ2n) is 7.48. The standard InChI is InChI=1S/C19H30O3/c1-8-19(6,7)14(2)15-11-9-10-12-16(15)21-13-17(20)22-18(3,4)5/h9-12,14H,8,13H2,1-7H3. The number of carbonyl (C=O) groups excluding carboxylic acids is 1. The molecule has 0 radical (unpaired) electrons. The summed E-state index contributed by atoms with van der Waals surface area (Å²) in [5.41, 5.74) is 0.820. The molecule has 0 saturated heterocycles. The van der Waals surface area contributed by atoms with Crippen LogP contribution in [0.4, 0.5) is 0 Å². The highest BCUT2D eigenvalue weighted by Crippen LogP contribution is 2.41. The first-order valence-electron chi connectivity index (χ1n) is 8.00. The zero-order chi connectivity index (χ0) is 17.0. The third-order valence-electron chi connectivity index (χ3n) is 4.23. The summed E-state index contributed by atoms with van der Waals surface area (Å²) in [5.74, 6) is 0.763. The lowest BCUT2D eigenvalue weighted by atomic mass is 9.74. The molecule has 124 valence electrons. The van der Waals surface area contributed by atoms with E-state index in [2.05, 4.69) is 33.8 Å². The highest BCUT2D eigenvalue weighted by atomic mass is 16.6. The molecule has 0 aliphatic rings. The Hall–Kier alpha value is -1.51. The Morgan fingerprint density at radius 2 is 1.73 bits per heavy atom. The molecule has 1 atom stereocenters. The second kappa shape index (κ2) is 7.17. The van der Waals surface area contributed by atoms with Crippen molar-refractivity contribution in [3.8, 4) is 5.75 Å². The van der Waals surface area contributed by atoms with Crippen LogP contribution in [0.2, 0.25) is 0 Å². The van der Waals surface area contributed by atoms with E-state index < -0.39 is 5.60 Å². The average Bonchev–Trinajstić information content (AvgIpc) is 2.42. The Balaban J connectivity index is 2.83. The lowest BCUT2D eigenvalue weighted by Crippen LogP contribution is -2.27. The second-order valence-corrected chi connectivity index (χ2v) is 7.48. The van der Waals surface area contributed by atoms with Gasteiger partial charge in [-0.05, 0) is 43.7 Å². The summed E-state index contributed by atoms with van der Waals surface area (Å²) < 4.78 is 11.0. The Morgan fingerprint density at radius 1 is 1.14 bits per heavy atom. The fraction of sp³-hybridized carbons (Fsp3) is 0.632. The molecule has 1 rings (SSSR count). The molecule has 0 aliphatic heterocycles. The normalized spacial score (nSPS) is 13.6. The third-order valence-corrected chi connectivity index (χ3v) is 4.23. The molecule has 0 heterocycles. The van der Waals surface area contributed by atoms with Crippen molar-refractivity contribution in [3.63, 3.8) is 0 Å². The summed E-state index contributed by atoms with van der Waals surface area (Å²) >= 11 is 0. The predicted octanol–water partition coefficient (Wildman–Crippen LogP) is 4.95. The van der Waals surface area contributed by atoms with Gasteiger partial charge >= 0.3 is 5.97 Å². The first-order valence-corrected chi connectivity index (χ1v) is 8.00. The van der Waals surface area contributed by atoms with Gasteiger partial charge in [0.25, 0.3) is 0 Å². The number of carbonyl (C=O) groups is 1. The quantitative estimate of drug-likeness (QED) is 0.698. The summed E-state index contributed by atoms with van der Waals surface area (Å²) in [6.07, 6.45) is 1.08. The van der Waals surface area contributed by atoms with Crippen molar-refractivity contribution < 1.29 is 14.3 Å². The number of hydrogen-bond donors (Lipinski definition) is 0. The van der Waals surface area contributed by atoms with E-state index in [9.17, 15) is 4.79 Å². The number of esters is 1. The number of benzene rings is 1. The van der Waals surface area contributed by atoms with Gasteiger partial charge in [0.05, 0.1) is 0 Å². The highest BCUT2D eigenvalue weighted by molar-refractivity contribution is 5.71. The molecule has 0 amide bonds. The molecule has 3 heteroatoms. The van der Waals surface area contributed by atoms with E-state index in [1.54, 1.807) is 0 Å². The van der Waals surface area contributed by atoms with Crippen LogP contribution in [0.25, 0.3) is 0 Å². The van der Waals surface area contributed by atoms with E-state index in [0.717, 1.165) is 17.7 Å². The summed E-state index contributed by atoms with van der Waals surface area (Å²) in [6, 6.07) is 7.94. The zero-order valence-electron chi connectivity index (χ0n) is 15.0. The fourth-order valence-electron chi connectivity index (χ4n) is 2.20. The molecular weight excluding hydrogens is 276 g/mol. The first kappa shape index (κ1) is 18.5. The summed E-state index contributed by atoms with van der Waals surface area (Å²) in [4.78, 5) is 11.8. The van der Waals surface area contributed by atoms with Crippen LogP contribution in [0.3, 0.4) is 0 Å². The van der Waals surface area contributed by atoms with Gasteiger partial charge in [-0.25, -0.2) is 4.79 Å². The fourth-order valence-corrected chi connectivity index (χ4v) is 2.20. The van der Waals surface area contributed by atoms with Crippen LogP contribution in [-0.4, -0.2) is 18.2 Å². The van der Waals surface area contributed by atoms with Crippen LogP contribution < -0.4 is 4.74 Å². The van der Waals surface area contributed by atoms with Gasteiger partial charge in [-0.15, -0.1) is 0 Å². The lowest BCUT2D eigenvalue weighted by Gasteiger charge is -2.32. The van der Waals surface area contributed by atoms with Gasteiger partial charge in [0.15, 0.2) is 6.61 Å². The van der Waals surface area contributed by atoms with E-state index in [1.807, 2.05) is 39.0 Å². The van der Waals surface area contributed by atoms with Crippen LogP contribution >= 0.6 is 0 Å². The van der Waals surface area contributed by atoms with E-state index in [-0.39, 0.29) is 18.0 Å². The molecule has 0 aromatic heterocycles. The van der Waals surface area contributed by atoms with Crippen molar-refractivity contribution in [1.82, 2.24) is 0 Å². The van der Waals surface area contributed by atoms with Crippen LogP contribution in [0, 0.1) is 5.41 Å². The molecule has 0 saturated carbocycles. The minimum Gasteiger partial charge on any atom is -0.482 e. The van der Waals surface area contributed by atoms with Gasteiger partial charge in [-0.2, -0.15) is 0 Å². The van der Waals surface area contributed by atoms with E-state index >= 15 is 0 Å². The van der Waals surface area contributed by atoms with E-state index in [0.29, 0.717) is 5.92 Å². The van der Waals surface area contributed by atoms with Crippen molar-refractivity contribution in [1.29, 1.82) is 0 Å². The highest BCUT2D eigenvalue weighted by Gasteiger charge is 2.27. The van der Waals surface area contributed by atoms with Crippen molar-refractivity contribution >= 4 is 5.97 Å². The molecule has 1 aromatic rings. The average molecular weight is 306 g/mol. The molecule has 1 unspecified atom stereocenters. The maximum absolute atomic E-state index is 11.8. The van der Waals surface area contributed by atoms with Crippen molar-refractivity contribution in [2.75, 3.05) is 6.61 Å². The Labute approximate surface area is 135 Å². The maximum atomic E-state index is 11.8. The Bertz CT molecular complexity index is 498.